The molecule has 0 saturated carbocycles. The van der Waals surface area contributed by atoms with E-state index in [4.69, 9.17) is 9.47 Å². The molecule has 17 heavy (non-hydrogen) atoms. The molecule has 1 aromatic heterocycles. The summed E-state index contributed by atoms with van der Waals surface area (Å²) in [5, 5.41) is 0. The molecule has 0 spiro atoms. The van der Waals surface area contributed by atoms with Crippen molar-refractivity contribution in [3.05, 3.63) is 36.1 Å². The van der Waals surface area contributed by atoms with Gasteiger partial charge < -0.3 is 9.47 Å². The molecular formula is C12H11FN2O2. The van der Waals surface area contributed by atoms with Crippen LogP contribution in [0.3, 0.4) is 0 Å². The maximum atomic E-state index is 12.8. The fraction of sp³-hybridized carbons (Fsp3) is 0.167. The Bertz CT molecular complexity index is 492. The lowest BCUT2D eigenvalue weighted by molar-refractivity contribution is 0.372. The van der Waals surface area contributed by atoms with E-state index in [1.807, 2.05) is 0 Å². The summed E-state index contributed by atoms with van der Waals surface area (Å²) in [6, 6.07) is 7.48. The number of nitrogens with zero attached hydrogens (tertiary/aromatic N) is 2. The van der Waals surface area contributed by atoms with Crippen molar-refractivity contribution in [3.63, 3.8) is 0 Å². The molecular weight excluding hydrogens is 223 g/mol. The monoisotopic (exact) mass is 234 g/mol. The number of hydrogen-bond donors (Lipinski definition) is 0. The SMILES string of the molecule is COc1cc(OC)nc(-c2ccc(F)cc2)n1. The standard InChI is InChI=1S/C12H11FN2O2/c1-16-10-7-11(17-2)15-12(14-10)8-3-5-9(13)6-4-8/h3-7H,1-2H3. The summed E-state index contributed by atoms with van der Waals surface area (Å²) in [5.41, 5.74) is 0.698. The maximum absolute atomic E-state index is 12.8. The summed E-state index contributed by atoms with van der Waals surface area (Å²) in [6.07, 6.45) is 0. The number of rotatable bonds is 3. The third-order valence-electron chi connectivity index (χ3n) is 2.20. The second-order valence-corrected chi connectivity index (χ2v) is 3.28. The van der Waals surface area contributed by atoms with E-state index in [1.54, 1.807) is 18.2 Å². The van der Waals surface area contributed by atoms with Crippen molar-refractivity contribution in [2.45, 2.75) is 0 Å². The van der Waals surface area contributed by atoms with Gasteiger partial charge in [0.15, 0.2) is 5.82 Å². The zero-order chi connectivity index (χ0) is 12.3. The molecule has 2 rings (SSSR count). The molecule has 88 valence electrons. The Labute approximate surface area is 98.1 Å². The first kappa shape index (κ1) is 11.3. The van der Waals surface area contributed by atoms with Crippen molar-refractivity contribution in [2.75, 3.05) is 14.2 Å². The average molecular weight is 234 g/mol. The first-order valence-corrected chi connectivity index (χ1v) is 4.96. The van der Waals surface area contributed by atoms with Crippen LogP contribution < -0.4 is 9.47 Å². The van der Waals surface area contributed by atoms with Gasteiger partial charge >= 0.3 is 0 Å². The summed E-state index contributed by atoms with van der Waals surface area (Å²) in [5.74, 6) is 0.928. The Morgan fingerprint density at radius 3 is 1.94 bits per heavy atom. The molecule has 0 aliphatic heterocycles. The minimum Gasteiger partial charge on any atom is -0.481 e. The molecule has 0 aliphatic rings. The normalized spacial score (nSPS) is 10.1. The van der Waals surface area contributed by atoms with E-state index in [9.17, 15) is 4.39 Å². The number of benzene rings is 1. The van der Waals surface area contributed by atoms with E-state index >= 15 is 0 Å². The molecule has 0 unspecified atom stereocenters. The van der Waals surface area contributed by atoms with Gasteiger partial charge in [0.25, 0.3) is 0 Å². The molecule has 0 fully saturated rings. The third kappa shape index (κ3) is 2.50. The minimum absolute atomic E-state index is 0.302. The largest absolute Gasteiger partial charge is 0.481 e. The highest BCUT2D eigenvalue weighted by molar-refractivity contribution is 5.55. The molecule has 0 radical (unpaired) electrons. The zero-order valence-corrected chi connectivity index (χ0v) is 9.48. The van der Waals surface area contributed by atoms with Gasteiger partial charge in [-0.15, -0.1) is 0 Å². The number of hydrogen-bond acceptors (Lipinski definition) is 4. The fourth-order valence-corrected chi connectivity index (χ4v) is 1.34. The van der Waals surface area contributed by atoms with Crippen molar-refractivity contribution in [3.8, 4) is 23.1 Å². The molecule has 5 heteroatoms. The lowest BCUT2D eigenvalue weighted by Crippen LogP contribution is -1.97. The summed E-state index contributed by atoms with van der Waals surface area (Å²) in [7, 11) is 3.02. The first-order valence-electron chi connectivity index (χ1n) is 4.96. The van der Waals surface area contributed by atoms with Gasteiger partial charge in [0.05, 0.1) is 20.3 Å². The Hall–Kier alpha value is -2.17. The predicted octanol–water partition coefficient (Wildman–Crippen LogP) is 2.30. The molecule has 2 aromatic rings. The minimum atomic E-state index is -0.302. The fourth-order valence-electron chi connectivity index (χ4n) is 1.34. The van der Waals surface area contributed by atoms with Gasteiger partial charge in [-0.3, -0.25) is 0 Å². The third-order valence-corrected chi connectivity index (χ3v) is 2.20. The van der Waals surface area contributed by atoms with Gasteiger partial charge in [-0.05, 0) is 24.3 Å². The molecule has 0 N–H and O–H groups in total. The van der Waals surface area contributed by atoms with Gasteiger partial charge in [0, 0.05) is 5.56 Å². The summed E-state index contributed by atoms with van der Waals surface area (Å²) in [4.78, 5) is 8.33. The van der Waals surface area contributed by atoms with E-state index in [0.717, 1.165) is 0 Å². The van der Waals surface area contributed by atoms with E-state index < -0.39 is 0 Å². The highest BCUT2D eigenvalue weighted by Gasteiger charge is 2.07. The van der Waals surface area contributed by atoms with Crippen LogP contribution >= 0.6 is 0 Å². The van der Waals surface area contributed by atoms with Gasteiger partial charge in [0.1, 0.15) is 5.82 Å². The van der Waals surface area contributed by atoms with E-state index in [2.05, 4.69) is 9.97 Å². The topological polar surface area (TPSA) is 44.2 Å². The Morgan fingerprint density at radius 1 is 0.941 bits per heavy atom. The van der Waals surface area contributed by atoms with Crippen LogP contribution in [0, 0.1) is 5.82 Å². The van der Waals surface area contributed by atoms with Crippen LogP contribution in [-0.2, 0) is 0 Å². The van der Waals surface area contributed by atoms with Gasteiger partial charge in [-0.25, -0.2) is 4.39 Å². The van der Waals surface area contributed by atoms with Crippen LogP contribution in [0.2, 0.25) is 0 Å². The van der Waals surface area contributed by atoms with Crippen molar-refractivity contribution >= 4 is 0 Å². The summed E-state index contributed by atoms with van der Waals surface area (Å²) in [6.45, 7) is 0. The van der Waals surface area contributed by atoms with E-state index in [1.165, 1.54) is 26.4 Å². The second kappa shape index (κ2) is 4.78. The van der Waals surface area contributed by atoms with Crippen LogP contribution in [0.4, 0.5) is 4.39 Å². The van der Waals surface area contributed by atoms with E-state index in [-0.39, 0.29) is 5.82 Å². The number of halogens is 1. The van der Waals surface area contributed by atoms with Crippen LogP contribution in [-0.4, -0.2) is 24.2 Å². The van der Waals surface area contributed by atoms with Crippen LogP contribution in [0.15, 0.2) is 30.3 Å². The number of aromatic nitrogens is 2. The molecule has 1 aromatic carbocycles. The molecule has 0 bridgehead atoms. The summed E-state index contributed by atoms with van der Waals surface area (Å²) >= 11 is 0. The number of ether oxygens (including phenoxy) is 2. The molecule has 0 aliphatic carbocycles. The first-order chi connectivity index (χ1) is 8.22. The smallest absolute Gasteiger partial charge is 0.220 e. The van der Waals surface area contributed by atoms with Crippen molar-refractivity contribution in [1.29, 1.82) is 0 Å². The lowest BCUT2D eigenvalue weighted by atomic mass is 10.2. The quantitative estimate of drug-likeness (QED) is 0.817. The molecule has 0 saturated heterocycles. The Kier molecular flexibility index (Phi) is 3.18. The van der Waals surface area contributed by atoms with Crippen LogP contribution in [0.25, 0.3) is 11.4 Å². The second-order valence-electron chi connectivity index (χ2n) is 3.28. The number of methoxy groups -OCH3 is 2. The van der Waals surface area contributed by atoms with Crippen molar-refractivity contribution in [1.82, 2.24) is 9.97 Å². The van der Waals surface area contributed by atoms with Crippen LogP contribution in [0.5, 0.6) is 11.8 Å². The zero-order valence-electron chi connectivity index (χ0n) is 9.48. The lowest BCUT2D eigenvalue weighted by Gasteiger charge is -2.06. The average Bonchev–Trinajstić information content (AvgIpc) is 2.39. The van der Waals surface area contributed by atoms with E-state index in [0.29, 0.717) is 23.1 Å². The molecule has 0 atom stereocenters. The highest BCUT2D eigenvalue weighted by atomic mass is 19.1. The van der Waals surface area contributed by atoms with Crippen molar-refractivity contribution in [2.24, 2.45) is 0 Å². The highest BCUT2D eigenvalue weighted by Crippen LogP contribution is 2.22. The van der Waals surface area contributed by atoms with Crippen LogP contribution in [0.1, 0.15) is 0 Å². The maximum Gasteiger partial charge on any atom is 0.220 e. The van der Waals surface area contributed by atoms with Gasteiger partial charge in [-0.1, -0.05) is 0 Å². The Morgan fingerprint density at radius 2 is 1.47 bits per heavy atom. The van der Waals surface area contributed by atoms with Gasteiger partial charge in [-0.2, -0.15) is 9.97 Å². The molecule has 0 amide bonds. The molecule has 4 nitrogen and oxygen atoms in total. The van der Waals surface area contributed by atoms with Crippen molar-refractivity contribution < 1.29 is 13.9 Å². The molecule has 1 heterocycles. The Balaban J connectivity index is 2.46. The van der Waals surface area contributed by atoms with Gasteiger partial charge in [0.2, 0.25) is 11.8 Å². The predicted molar refractivity (Wildman–Crippen MR) is 60.5 cm³/mol. The summed E-state index contributed by atoms with van der Waals surface area (Å²) < 4.78 is 22.9.